The molecule has 0 aliphatic carbocycles. The van der Waals surface area contributed by atoms with Crippen LogP contribution in [0.15, 0.2) is 48.7 Å². The van der Waals surface area contributed by atoms with Crippen molar-refractivity contribution in [3.63, 3.8) is 0 Å². The van der Waals surface area contributed by atoms with E-state index < -0.39 is 0 Å². The summed E-state index contributed by atoms with van der Waals surface area (Å²) in [7, 11) is 0. The van der Waals surface area contributed by atoms with Gasteiger partial charge < -0.3 is 19.5 Å². The molecule has 1 N–H and O–H groups in total. The highest BCUT2D eigenvalue weighted by atomic mass is 32.1. The minimum absolute atomic E-state index is 0.0202. The Morgan fingerprint density at radius 2 is 1.83 bits per heavy atom. The van der Waals surface area contributed by atoms with E-state index in [1.807, 2.05) is 63.2 Å². The third kappa shape index (κ3) is 6.49. The van der Waals surface area contributed by atoms with Gasteiger partial charge in [-0.1, -0.05) is 12.1 Å². The van der Waals surface area contributed by atoms with Gasteiger partial charge in [0.25, 0.3) is 5.19 Å². The highest BCUT2D eigenvalue weighted by molar-refractivity contribution is 7.15. The SMILES string of the molecule is CC(=O)NCCc1ccc(Oc2cnc(Oc3ccc(OC(C)C)cc3C)s2)cc1. The van der Waals surface area contributed by atoms with Crippen LogP contribution in [0.5, 0.6) is 27.5 Å². The summed E-state index contributed by atoms with van der Waals surface area (Å²) in [5.74, 6) is 2.25. The number of rotatable bonds is 9. The monoisotopic (exact) mass is 426 g/mol. The van der Waals surface area contributed by atoms with Crippen molar-refractivity contribution in [2.75, 3.05) is 6.54 Å². The molecular formula is C23H26N2O4S. The van der Waals surface area contributed by atoms with Gasteiger partial charge in [0, 0.05) is 13.5 Å². The molecule has 0 radical (unpaired) electrons. The number of amides is 1. The van der Waals surface area contributed by atoms with Gasteiger partial charge in [-0.3, -0.25) is 4.79 Å². The summed E-state index contributed by atoms with van der Waals surface area (Å²) in [6, 6.07) is 13.5. The maximum atomic E-state index is 10.9. The van der Waals surface area contributed by atoms with Crippen LogP contribution < -0.4 is 19.5 Å². The van der Waals surface area contributed by atoms with Crippen molar-refractivity contribution in [2.24, 2.45) is 0 Å². The van der Waals surface area contributed by atoms with Gasteiger partial charge in [0.15, 0.2) is 0 Å². The summed E-state index contributed by atoms with van der Waals surface area (Å²) < 4.78 is 17.5. The van der Waals surface area contributed by atoms with E-state index in [4.69, 9.17) is 14.2 Å². The van der Waals surface area contributed by atoms with E-state index >= 15 is 0 Å². The number of aryl methyl sites for hydroxylation is 1. The number of hydrogen-bond donors (Lipinski definition) is 1. The summed E-state index contributed by atoms with van der Waals surface area (Å²) in [5, 5.41) is 3.95. The average Bonchev–Trinajstić information content (AvgIpc) is 3.11. The lowest BCUT2D eigenvalue weighted by Crippen LogP contribution is -2.22. The lowest BCUT2D eigenvalue weighted by Gasteiger charge is -2.12. The number of nitrogens with one attached hydrogen (secondary N) is 1. The van der Waals surface area contributed by atoms with Crippen LogP contribution in [-0.4, -0.2) is 23.5 Å². The van der Waals surface area contributed by atoms with Crippen LogP contribution in [0.25, 0.3) is 0 Å². The van der Waals surface area contributed by atoms with E-state index in [-0.39, 0.29) is 12.0 Å². The van der Waals surface area contributed by atoms with Gasteiger partial charge in [-0.15, -0.1) is 0 Å². The van der Waals surface area contributed by atoms with Gasteiger partial charge in [-0.05, 0) is 80.0 Å². The second kappa shape index (κ2) is 10.1. The smallest absolute Gasteiger partial charge is 0.282 e. The molecule has 0 unspecified atom stereocenters. The van der Waals surface area contributed by atoms with E-state index in [0.29, 0.717) is 16.8 Å². The second-order valence-electron chi connectivity index (χ2n) is 7.12. The Bertz CT molecular complexity index is 983. The van der Waals surface area contributed by atoms with Crippen molar-refractivity contribution < 1.29 is 19.0 Å². The third-order valence-electron chi connectivity index (χ3n) is 4.11. The van der Waals surface area contributed by atoms with Crippen LogP contribution in [0.3, 0.4) is 0 Å². The Labute approximate surface area is 180 Å². The van der Waals surface area contributed by atoms with E-state index in [9.17, 15) is 4.79 Å². The van der Waals surface area contributed by atoms with Crippen LogP contribution in [0.2, 0.25) is 0 Å². The molecule has 158 valence electrons. The number of benzene rings is 2. The molecule has 2 aromatic carbocycles. The van der Waals surface area contributed by atoms with Crippen molar-refractivity contribution in [3.8, 4) is 27.5 Å². The summed E-state index contributed by atoms with van der Waals surface area (Å²) in [4.78, 5) is 15.2. The van der Waals surface area contributed by atoms with Crippen LogP contribution in [0.4, 0.5) is 0 Å². The fourth-order valence-electron chi connectivity index (χ4n) is 2.74. The molecule has 0 saturated carbocycles. The molecule has 1 amide bonds. The van der Waals surface area contributed by atoms with Gasteiger partial charge in [-0.25, -0.2) is 4.98 Å². The fourth-order valence-corrected chi connectivity index (χ4v) is 3.39. The normalized spacial score (nSPS) is 10.7. The predicted octanol–water partition coefficient (Wildman–Crippen LogP) is 5.50. The van der Waals surface area contributed by atoms with Crippen molar-refractivity contribution >= 4 is 17.2 Å². The Morgan fingerprint density at radius 3 is 2.50 bits per heavy atom. The summed E-state index contributed by atoms with van der Waals surface area (Å²) in [5.41, 5.74) is 2.10. The van der Waals surface area contributed by atoms with Gasteiger partial charge in [0.1, 0.15) is 17.2 Å². The molecule has 1 aromatic heterocycles. The highest BCUT2D eigenvalue weighted by Crippen LogP contribution is 2.36. The van der Waals surface area contributed by atoms with E-state index in [1.165, 1.54) is 18.3 Å². The first-order valence-corrected chi connectivity index (χ1v) is 10.6. The molecule has 0 fully saturated rings. The third-order valence-corrected chi connectivity index (χ3v) is 4.86. The molecule has 6 nitrogen and oxygen atoms in total. The molecule has 3 aromatic rings. The van der Waals surface area contributed by atoms with Crippen LogP contribution in [0.1, 0.15) is 31.9 Å². The van der Waals surface area contributed by atoms with Gasteiger partial charge in [0.05, 0.1) is 12.3 Å². The van der Waals surface area contributed by atoms with Crippen molar-refractivity contribution in [1.82, 2.24) is 10.3 Å². The fraction of sp³-hybridized carbons (Fsp3) is 0.304. The first-order chi connectivity index (χ1) is 14.4. The summed E-state index contributed by atoms with van der Waals surface area (Å²) in [6.07, 6.45) is 2.55. The van der Waals surface area contributed by atoms with E-state index in [1.54, 1.807) is 6.20 Å². The quantitative estimate of drug-likeness (QED) is 0.489. The number of carbonyl (C=O) groups excluding carboxylic acids is 1. The largest absolute Gasteiger partial charge is 0.491 e. The molecule has 1 heterocycles. The summed E-state index contributed by atoms with van der Waals surface area (Å²) >= 11 is 1.33. The first kappa shape index (κ1) is 21.6. The number of nitrogens with zero attached hydrogens (tertiary/aromatic N) is 1. The standard InChI is InChI=1S/C23H26N2O4S/c1-15(2)27-20-9-10-21(16(3)13-20)29-23-25-14-22(30-23)28-19-7-5-18(6-8-19)11-12-24-17(4)26/h5-10,13-15H,11-12H2,1-4H3,(H,24,26). The molecular weight excluding hydrogens is 400 g/mol. The topological polar surface area (TPSA) is 69.7 Å². The van der Waals surface area contributed by atoms with Gasteiger partial charge >= 0.3 is 0 Å². The lowest BCUT2D eigenvalue weighted by molar-refractivity contribution is -0.118. The molecule has 3 rings (SSSR count). The number of thiazole rings is 1. The minimum Gasteiger partial charge on any atom is -0.491 e. The summed E-state index contributed by atoms with van der Waals surface area (Å²) in [6.45, 7) is 8.10. The Kier molecular flexibility index (Phi) is 7.30. The van der Waals surface area contributed by atoms with Crippen LogP contribution >= 0.6 is 11.3 Å². The van der Waals surface area contributed by atoms with Gasteiger partial charge in [-0.2, -0.15) is 0 Å². The Balaban J connectivity index is 1.57. The molecule has 0 bridgehead atoms. The second-order valence-corrected chi connectivity index (χ2v) is 8.08. The molecule has 7 heteroatoms. The van der Waals surface area contributed by atoms with Crippen LogP contribution in [0, 0.1) is 6.92 Å². The van der Waals surface area contributed by atoms with E-state index in [2.05, 4.69) is 10.3 Å². The number of ether oxygens (including phenoxy) is 3. The lowest BCUT2D eigenvalue weighted by atomic mass is 10.1. The zero-order valence-electron chi connectivity index (χ0n) is 17.6. The minimum atomic E-state index is -0.0202. The number of aromatic nitrogens is 1. The molecule has 0 saturated heterocycles. The molecule has 0 spiro atoms. The molecule has 30 heavy (non-hydrogen) atoms. The maximum absolute atomic E-state index is 10.9. The zero-order chi connectivity index (χ0) is 21.5. The van der Waals surface area contributed by atoms with Crippen molar-refractivity contribution in [2.45, 2.75) is 40.2 Å². The zero-order valence-corrected chi connectivity index (χ0v) is 18.4. The van der Waals surface area contributed by atoms with Gasteiger partial charge in [0.2, 0.25) is 11.0 Å². The number of hydrogen-bond acceptors (Lipinski definition) is 6. The molecule has 0 aliphatic rings. The average molecular weight is 427 g/mol. The van der Waals surface area contributed by atoms with E-state index in [0.717, 1.165) is 34.8 Å². The first-order valence-electron chi connectivity index (χ1n) is 9.81. The van der Waals surface area contributed by atoms with Crippen molar-refractivity contribution in [1.29, 1.82) is 0 Å². The molecule has 0 aliphatic heterocycles. The Morgan fingerprint density at radius 1 is 1.10 bits per heavy atom. The van der Waals surface area contributed by atoms with Crippen LogP contribution in [-0.2, 0) is 11.2 Å². The van der Waals surface area contributed by atoms with Crippen molar-refractivity contribution in [3.05, 3.63) is 59.8 Å². The molecule has 0 atom stereocenters. The number of carbonyl (C=O) groups is 1. The maximum Gasteiger partial charge on any atom is 0.282 e. The highest BCUT2D eigenvalue weighted by Gasteiger charge is 2.10. The predicted molar refractivity (Wildman–Crippen MR) is 118 cm³/mol. The Hall–Kier alpha value is -3.06.